The Hall–Kier alpha value is -5.82. The maximum absolute atomic E-state index is 15.6. The van der Waals surface area contributed by atoms with Crippen molar-refractivity contribution < 1.29 is 38.5 Å². The van der Waals surface area contributed by atoms with Crippen LogP contribution in [0.4, 0.5) is 5.69 Å². The van der Waals surface area contributed by atoms with Crippen molar-refractivity contribution in [3.05, 3.63) is 129 Å². The molecule has 1 saturated carbocycles. The predicted octanol–water partition coefficient (Wildman–Crippen LogP) is 7.92. The maximum atomic E-state index is 15.6. The number of hydrogen-bond acceptors (Lipinski definition) is 10. The molecular weight excluding hydrogens is 843 g/mol. The number of likely N-dealkylation sites (tertiary alicyclic amines) is 2. The Morgan fingerprint density at radius 1 is 0.825 bits per heavy atom. The molecule has 0 bridgehead atoms. The average molecular weight is 892 g/mol. The Morgan fingerprint density at radius 2 is 1.52 bits per heavy atom. The van der Waals surface area contributed by atoms with E-state index in [4.69, 9.17) is 37.4 Å². The molecule has 4 amide bonds. The van der Waals surface area contributed by atoms with Gasteiger partial charge in [0, 0.05) is 36.6 Å². The van der Waals surface area contributed by atoms with Crippen molar-refractivity contribution in [2.45, 2.75) is 43.7 Å². The van der Waals surface area contributed by atoms with E-state index in [-0.39, 0.29) is 46.5 Å². The standard InChI is InChI=1S/C49H48Cl2N4O8/c1-61-33-13-10-30(11-14-33)49-37(17-9-29-23-41(62-2)44(56)42(24-29)63-3)34-15-16-35-43(36(34)26-38(49)46(58)55(48(49)60)52-40-18-12-31(50)25-39(40)51)47(59)54(45(35)57)32-19-21-53(22-20-32)27-28-7-5-4-6-8-28/h4-15,17-18,23-25,32,35-38,43,52,56H,16,19-22,26-27H2,1-3H3. The van der Waals surface area contributed by atoms with E-state index < -0.39 is 46.8 Å². The summed E-state index contributed by atoms with van der Waals surface area (Å²) in [6.07, 6.45) is 7.53. The van der Waals surface area contributed by atoms with Crippen LogP contribution in [0.25, 0.3) is 6.08 Å². The minimum Gasteiger partial charge on any atom is -0.502 e. The zero-order chi connectivity index (χ0) is 44.2. The van der Waals surface area contributed by atoms with E-state index in [2.05, 4.69) is 22.5 Å². The van der Waals surface area contributed by atoms with Gasteiger partial charge in [-0.05, 0) is 90.8 Å². The smallest absolute Gasteiger partial charge is 0.260 e. The number of ether oxygens (including phenoxy) is 3. The lowest BCUT2D eigenvalue weighted by Crippen LogP contribution is -2.54. The second-order valence-corrected chi connectivity index (χ2v) is 17.8. The normalized spacial score (nSPS) is 26.1. The Bertz CT molecular complexity index is 2500. The molecule has 4 fully saturated rings. The molecule has 9 rings (SSSR count). The van der Waals surface area contributed by atoms with Crippen molar-refractivity contribution in [3.8, 4) is 23.0 Å². The number of methoxy groups -OCH3 is 3. The van der Waals surface area contributed by atoms with Gasteiger partial charge in [0.1, 0.15) is 5.75 Å². The number of phenolic OH excluding ortho intramolecular Hbond substituents is 1. The number of aromatic hydroxyl groups is 1. The van der Waals surface area contributed by atoms with Gasteiger partial charge in [-0.1, -0.05) is 89.5 Å². The molecule has 6 atom stereocenters. The summed E-state index contributed by atoms with van der Waals surface area (Å²) in [4.78, 5) is 64.0. The number of hydrogen-bond donors (Lipinski definition) is 2. The number of piperidine rings is 1. The van der Waals surface area contributed by atoms with Crippen molar-refractivity contribution in [3.63, 3.8) is 0 Å². The summed E-state index contributed by atoms with van der Waals surface area (Å²) in [6.45, 7) is 2.30. The summed E-state index contributed by atoms with van der Waals surface area (Å²) in [5.74, 6) is -4.22. The van der Waals surface area contributed by atoms with Gasteiger partial charge in [-0.2, -0.15) is 5.01 Å². The monoisotopic (exact) mass is 890 g/mol. The molecule has 6 unspecified atom stereocenters. The van der Waals surface area contributed by atoms with Crippen molar-refractivity contribution in [1.29, 1.82) is 0 Å². The molecule has 3 saturated heterocycles. The van der Waals surface area contributed by atoms with Gasteiger partial charge >= 0.3 is 0 Å². The number of fused-ring (bicyclic) bond motifs is 4. The molecule has 2 N–H and O–H groups in total. The Kier molecular flexibility index (Phi) is 11.5. The predicted molar refractivity (Wildman–Crippen MR) is 238 cm³/mol. The van der Waals surface area contributed by atoms with Gasteiger partial charge < -0.3 is 19.3 Å². The number of nitrogens with zero attached hydrogens (tertiary/aromatic N) is 3. The number of hydrazine groups is 1. The molecule has 3 heterocycles. The van der Waals surface area contributed by atoms with Crippen LogP contribution < -0.4 is 19.6 Å². The minimum atomic E-state index is -1.52. The number of phenols is 1. The summed E-state index contributed by atoms with van der Waals surface area (Å²) >= 11 is 12.8. The molecule has 14 heteroatoms. The zero-order valence-corrected chi connectivity index (χ0v) is 36.6. The van der Waals surface area contributed by atoms with E-state index in [0.717, 1.165) is 30.2 Å². The molecule has 0 radical (unpaired) electrons. The minimum absolute atomic E-state index is 0.143. The van der Waals surface area contributed by atoms with E-state index in [1.165, 1.54) is 30.7 Å². The highest BCUT2D eigenvalue weighted by Gasteiger charge is 2.70. The van der Waals surface area contributed by atoms with E-state index >= 15 is 9.59 Å². The van der Waals surface area contributed by atoms with E-state index in [9.17, 15) is 14.7 Å². The fourth-order valence-corrected chi connectivity index (χ4v) is 11.3. The number of anilines is 1. The van der Waals surface area contributed by atoms with Crippen LogP contribution in [0.2, 0.25) is 10.0 Å². The lowest BCUT2D eigenvalue weighted by atomic mass is 9.50. The Balaban J connectivity index is 1.13. The van der Waals surface area contributed by atoms with Crippen LogP contribution in [-0.4, -0.2) is 84.0 Å². The number of halogens is 2. The molecule has 3 aliphatic heterocycles. The SMILES string of the molecule is COc1ccc(C23C(=O)N(Nc4ccc(Cl)cc4Cl)C(=O)C2CC2C(=CCC4C(=O)N(C5CCN(Cc6ccccc6)CC5)C(=O)C42)C3C=Cc2cc(OC)c(O)c(OC)c2)cc1. The largest absolute Gasteiger partial charge is 0.502 e. The summed E-state index contributed by atoms with van der Waals surface area (Å²) in [5.41, 5.74) is 5.01. The highest BCUT2D eigenvalue weighted by molar-refractivity contribution is 6.36. The first-order valence-electron chi connectivity index (χ1n) is 21.2. The van der Waals surface area contributed by atoms with Gasteiger partial charge in [-0.15, -0.1) is 0 Å². The van der Waals surface area contributed by atoms with Crippen LogP contribution in [0.3, 0.4) is 0 Å². The molecule has 5 aliphatic rings. The zero-order valence-electron chi connectivity index (χ0n) is 35.1. The third kappa shape index (κ3) is 7.22. The second kappa shape index (κ2) is 17.0. The van der Waals surface area contributed by atoms with Crippen LogP contribution in [-0.2, 0) is 31.1 Å². The quantitative estimate of drug-likeness (QED) is 0.113. The lowest BCUT2D eigenvalue weighted by molar-refractivity contribution is -0.144. The number of nitrogens with one attached hydrogen (secondary N) is 1. The van der Waals surface area contributed by atoms with Gasteiger partial charge in [0.2, 0.25) is 17.6 Å². The third-order valence-electron chi connectivity index (χ3n) is 13.8. The maximum Gasteiger partial charge on any atom is 0.260 e. The highest BCUT2D eigenvalue weighted by atomic mass is 35.5. The molecule has 4 aromatic rings. The molecule has 0 spiro atoms. The van der Waals surface area contributed by atoms with E-state index in [0.29, 0.717) is 46.8 Å². The number of imide groups is 2. The first-order valence-corrected chi connectivity index (χ1v) is 21.9. The average Bonchev–Trinajstić information content (AvgIpc) is 3.68. The molecule has 2 aliphatic carbocycles. The molecule has 4 aromatic carbocycles. The molecular formula is C49H48Cl2N4O8. The number of rotatable bonds is 11. The van der Waals surface area contributed by atoms with Crippen molar-refractivity contribution in [2.24, 2.45) is 29.6 Å². The van der Waals surface area contributed by atoms with Crippen molar-refractivity contribution >= 4 is 58.6 Å². The summed E-state index contributed by atoms with van der Waals surface area (Å²) in [7, 11) is 4.43. The van der Waals surface area contributed by atoms with Gasteiger partial charge in [0.15, 0.2) is 11.5 Å². The van der Waals surface area contributed by atoms with E-state index in [1.807, 2.05) is 48.6 Å². The van der Waals surface area contributed by atoms with E-state index in [1.54, 1.807) is 43.5 Å². The van der Waals surface area contributed by atoms with Gasteiger partial charge in [0.05, 0.1) is 55.2 Å². The number of amides is 4. The Morgan fingerprint density at radius 3 is 2.17 bits per heavy atom. The third-order valence-corrected chi connectivity index (χ3v) is 14.4. The van der Waals surface area contributed by atoms with Crippen LogP contribution >= 0.6 is 23.2 Å². The van der Waals surface area contributed by atoms with Crippen LogP contribution in [0.1, 0.15) is 42.4 Å². The van der Waals surface area contributed by atoms with Crippen LogP contribution in [0.15, 0.2) is 103 Å². The summed E-state index contributed by atoms with van der Waals surface area (Å²) < 4.78 is 16.5. The fraction of sp³-hybridized carbons (Fsp3) is 0.347. The molecule has 12 nitrogen and oxygen atoms in total. The lowest BCUT2D eigenvalue weighted by Gasteiger charge is -2.49. The van der Waals surface area contributed by atoms with Gasteiger partial charge in [-0.25, -0.2) is 0 Å². The van der Waals surface area contributed by atoms with Crippen molar-refractivity contribution in [2.75, 3.05) is 39.8 Å². The van der Waals surface area contributed by atoms with Crippen LogP contribution in [0, 0.1) is 29.6 Å². The number of carbonyl (C=O) groups is 4. The topological polar surface area (TPSA) is 138 Å². The first-order chi connectivity index (χ1) is 30.5. The van der Waals surface area contributed by atoms with Crippen LogP contribution in [0.5, 0.6) is 23.0 Å². The number of benzene rings is 4. The number of allylic oxidation sites excluding steroid dienone is 3. The fourth-order valence-electron chi connectivity index (χ4n) is 10.9. The number of carbonyl (C=O) groups excluding carboxylic acids is 4. The highest BCUT2D eigenvalue weighted by Crippen LogP contribution is 2.62. The van der Waals surface area contributed by atoms with Gasteiger partial charge in [0.25, 0.3) is 11.8 Å². The van der Waals surface area contributed by atoms with Crippen molar-refractivity contribution in [1.82, 2.24) is 14.8 Å². The first kappa shape index (κ1) is 42.5. The second-order valence-electron chi connectivity index (χ2n) is 16.9. The van der Waals surface area contributed by atoms with Gasteiger partial charge in [-0.3, -0.25) is 34.4 Å². The molecule has 0 aromatic heterocycles. The summed E-state index contributed by atoms with van der Waals surface area (Å²) in [5, 5.41) is 12.4. The molecule has 63 heavy (non-hydrogen) atoms. The summed E-state index contributed by atoms with van der Waals surface area (Å²) in [6, 6.07) is 25.2. The molecule has 326 valence electrons. The Labute approximate surface area is 376 Å².